The molecule has 1 aliphatic rings. The number of hydrogen-bond donors (Lipinski definition) is 2. The Kier molecular flexibility index (Phi) is 6.45. The molecule has 1 saturated heterocycles. The van der Waals surface area contributed by atoms with Gasteiger partial charge >= 0.3 is 0 Å². The zero-order valence-corrected chi connectivity index (χ0v) is 17.9. The van der Waals surface area contributed by atoms with E-state index in [1.165, 1.54) is 6.07 Å². The molecular weight excluding hydrogens is 386 g/mol. The second-order valence-corrected chi connectivity index (χ2v) is 7.57. The van der Waals surface area contributed by atoms with Crippen molar-refractivity contribution in [3.8, 4) is 0 Å². The highest BCUT2D eigenvalue weighted by Gasteiger charge is 2.36. The van der Waals surface area contributed by atoms with E-state index in [9.17, 15) is 8.78 Å². The molecule has 0 saturated carbocycles. The second kappa shape index (κ2) is 8.87. The number of halogens is 2. The van der Waals surface area contributed by atoms with E-state index in [4.69, 9.17) is 0 Å². The Hall–Kier alpha value is -2.87. The number of nitrogens with one attached hydrogen (secondary N) is 2. The van der Waals surface area contributed by atoms with Crippen LogP contribution in [0.3, 0.4) is 0 Å². The summed E-state index contributed by atoms with van der Waals surface area (Å²) in [6, 6.07) is 2.16. The highest BCUT2D eigenvalue weighted by molar-refractivity contribution is 5.94. The van der Waals surface area contributed by atoms with Gasteiger partial charge in [0, 0.05) is 36.0 Å². The molecule has 1 aromatic carbocycles. The molecule has 0 radical (unpaired) electrons. The number of aliphatic imine (C=N–C) groups is 1. The van der Waals surface area contributed by atoms with Crippen LogP contribution in [-0.4, -0.2) is 41.4 Å². The highest BCUT2D eigenvalue weighted by atomic mass is 19.1. The van der Waals surface area contributed by atoms with Crippen molar-refractivity contribution in [1.29, 1.82) is 0 Å². The fourth-order valence-corrected chi connectivity index (χ4v) is 3.93. The van der Waals surface area contributed by atoms with E-state index in [1.54, 1.807) is 19.5 Å². The smallest absolute Gasteiger partial charge is 0.138 e. The third-order valence-corrected chi connectivity index (χ3v) is 5.95. The van der Waals surface area contributed by atoms with Gasteiger partial charge in [0.2, 0.25) is 0 Å². The largest absolute Gasteiger partial charge is 0.356 e. The lowest BCUT2D eigenvalue weighted by Gasteiger charge is -2.42. The molecule has 6 nitrogen and oxygen atoms in total. The molecule has 2 heterocycles. The Morgan fingerprint density at radius 1 is 1.20 bits per heavy atom. The molecule has 0 amide bonds. The summed E-state index contributed by atoms with van der Waals surface area (Å²) in [5, 5.41) is 6.44. The van der Waals surface area contributed by atoms with Crippen LogP contribution in [0.25, 0.3) is 0 Å². The molecule has 0 aliphatic carbocycles. The Morgan fingerprint density at radius 2 is 1.90 bits per heavy atom. The zero-order valence-electron chi connectivity index (χ0n) is 17.9. The van der Waals surface area contributed by atoms with Crippen LogP contribution in [0.15, 0.2) is 36.2 Å². The fraction of sp³-hybridized carbons (Fsp3) is 0.409. The lowest BCUT2D eigenvalue weighted by molar-refractivity contribution is 0.368. The van der Waals surface area contributed by atoms with Crippen molar-refractivity contribution in [2.75, 3.05) is 30.4 Å². The van der Waals surface area contributed by atoms with Gasteiger partial charge in [-0.25, -0.2) is 18.7 Å². The molecule has 1 aliphatic heterocycles. The van der Waals surface area contributed by atoms with E-state index in [0.29, 0.717) is 11.3 Å². The molecule has 160 valence electrons. The van der Waals surface area contributed by atoms with Crippen molar-refractivity contribution < 1.29 is 8.78 Å². The van der Waals surface area contributed by atoms with Crippen molar-refractivity contribution in [1.82, 2.24) is 15.3 Å². The molecule has 8 heteroatoms. The summed E-state index contributed by atoms with van der Waals surface area (Å²) in [5.41, 5.74) is 2.10. The molecule has 0 spiro atoms. The van der Waals surface area contributed by atoms with Crippen LogP contribution >= 0.6 is 0 Å². The summed E-state index contributed by atoms with van der Waals surface area (Å²) >= 11 is 0. The Balaban J connectivity index is 1.83. The standard InChI is InChI=1S/C22H28F2N6/c1-6-26-20-15(3)21(28-13-27-20)30-9-7-22(25-5,8-10-30)16(4)29-19-12-17(23)11-18(24)14(19)2/h6,11-13,25H,1,7-10H2,2-5H3,(H,26,27,28). The monoisotopic (exact) mass is 414 g/mol. The second-order valence-electron chi connectivity index (χ2n) is 7.57. The summed E-state index contributed by atoms with van der Waals surface area (Å²) in [7, 11) is 1.90. The van der Waals surface area contributed by atoms with Crippen LogP contribution in [0.4, 0.5) is 26.1 Å². The number of aromatic nitrogens is 2. The minimum Gasteiger partial charge on any atom is -0.356 e. The Morgan fingerprint density at radius 3 is 2.53 bits per heavy atom. The lowest BCUT2D eigenvalue weighted by atomic mass is 9.83. The van der Waals surface area contributed by atoms with Crippen molar-refractivity contribution in [2.24, 2.45) is 4.99 Å². The van der Waals surface area contributed by atoms with Gasteiger partial charge in [0.05, 0.1) is 11.2 Å². The number of benzene rings is 1. The highest BCUT2D eigenvalue weighted by Crippen LogP contribution is 2.32. The fourth-order valence-electron chi connectivity index (χ4n) is 3.93. The van der Waals surface area contributed by atoms with E-state index >= 15 is 0 Å². The van der Waals surface area contributed by atoms with E-state index in [-0.39, 0.29) is 5.54 Å². The van der Waals surface area contributed by atoms with Crippen molar-refractivity contribution in [2.45, 2.75) is 39.2 Å². The average molecular weight is 415 g/mol. The topological polar surface area (TPSA) is 65.4 Å². The first-order chi connectivity index (χ1) is 14.3. The SMILES string of the molecule is C=CNc1ncnc(N2CCC(NC)(C(C)=Nc3cc(F)cc(F)c3C)CC2)c1C. The molecule has 1 aromatic heterocycles. The zero-order chi connectivity index (χ0) is 21.9. The summed E-state index contributed by atoms with van der Waals surface area (Å²) in [6.07, 6.45) is 4.70. The number of anilines is 2. The third-order valence-electron chi connectivity index (χ3n) is 5.95. The minimum absolute atomic E-state index is 0.328. The molecule has 1 fully saturated rings. The van der Waals surface area contributed by atoms with E-state index in [2.05, 4.69) is 37.1 Å². The summed E-state index contributed by atoms with van der Waals surface area (Å²) in [6.45, 7) is 10.7. The minimum atomic E-state index is -0.624. The molecular formula is C22H28F2N6. The van der Waals surface area contributed by atoms with Crippen LogP contribution < -0.4 is 15.5 Å². The molecule has 2 aromatic rings. The number of piperidine rings is 1. The van der Waals surface area contributed by atoms with Crippen molar-refractivity contribution >= 4 is 23.0 Å². The van der Waals surface area contributed by atoms with Crippen LogP contribution in [-0.2, 0) is 0 Å². The van der Waals surface area contributed by atoms with E-state index in [1.807, 2.05) is 20.9 Å². The molecule has 3 rings (SSSR count). The first-order valence-corrected chi connectivity index (χ1v) is 9.95. The first-order valence-electron chi connectivity index (χ1n) is 9.95. The summed E-state index contributed by atoms with van der Waals surface area (Å²) in [4.78, 5) is 15.6. The van der Waals surface area contributed by atoms with Gasteiger partial charge in [0.15, 0.2) is 0 Å². The van der Waals surface area contributed by atoms with Gasteiger partial charge in [-0.3, -0.25) is 4.99 Å². The van der Waals surface area contributed by atoms with Crippen molar-refractivity contribution in [3.05, 3.63) is 54.0 Å². The molecule has 0 atom stereocenters. The van der Waals surface area contributed by atoms with E-state index < -0.39 is 11.6 Å². The predicted octanol–water partition coefficient (Wildman–Crippen LogP) is 4.28. The predicted molar refractivity (Wildman–Crippen MR) is 118 cm³/mol. The number of nitrogens with zero attached hydrogens (tertiary/aromatic N) is 4. The molecule has 30 heavy (non-hydrogen) atoms. The number of rotatable bonds is 6. The van der Waals surface area contributed by atoms with Gasteiger partial charge in [0.1, 0.15) is 29.6 Å². The Labute approximate surface area is 176 Å². The van der Waals surface area contributed by atoms with E-state index in [0.717, 1.165) is 54.9 Å². The summed E-state index contributed by atoms with van der Waals surface area (Å²) < 4.78 is 27.6. The third kappa shape index (κ3) is 4.18. The van der Waals surface area contributed by atoms with Crippen LogP contribution in [0.2, 0.25) is 0 Å². The summed E-state index contributed by atoms with van der Waals surface area (Å²) in [5.74, 6) is 0.415. The van der Waals surface area contributed by atoms with Crippen LogP contribution in [0.5, 0.6) is 0 Å². The lowest BCUT2D eigenvalue weighted by Crippen LogP contribution is -2.56. The quantitative estimate of drug-likeness (QED) is 0.691. The maximum atomic E-state index is 13.9. The number of hydrogen-bond acceptors (Lipinski definition) is 6. The molecule has 0 unspecified atom stereocenters. The Bertz CT molecular complexity index is 964. The van der Waals surface area contributed by atoms with Gasteiger partial charge in [-0.2, -0.15) is 0 Å². The maximum Gasteiger partial charge on any atom is 0.138 e. The normalized spacial score (nSPS) is 16.5. The van der Waals surface area contributed by atoms with Gasteiger partial charge in [-0.15, -0.1) is 0 Å². The van der Waals surface area contributed by atoms with Gasteiger partial charge in [-0.1, -0.05) is 6.58 Å². The average Bonchev–Trinajstić information content (AvgIpc) is 2.73. The molecule has 0 bridgehead atoms. The van der Waals surface area contributed by atoms with Crippen LogP contribution in [0.1, 0.15) is 30.9 Å². The molecule has 2 N–H and O–H groups in total. The van der Waals surface area contributed by atoms with Crippen LogP contribution in [0, 0.1) is 25.5 Å². The van der Waals surface area contributed by atoms with Gasteiger partial charge in [0.25, 0.3) is 0 Å². The maximum absolute atomic E-state index is 13.9. The van der Waals surface area contributed by atoms with Gasteiger partial charge in [-0.05, 0) is 52.9 Å². The van der Waals surface area contributed by atoms with Gasteiger partial charge < -0.3 is 15.5 Å². The first kappa shape index (κ1) is 21.8. The van der Waals surface area contributed by atoms with Crippen molar-refractivity contribution in [3.63, 3.8) is 0 Å².